The molecule has 4 heteroatoms. The SMILES string of the molecule is C[C@H]1C[C@H](NCCCc2cnn(C)c2)c2ccccc2S1. The highest BCUT2D eigenvalue weighted by atomic mass is 32.2. The molecule has 2 atom stereocenters. The minimum Gasteiger partial charge on any atom is -0.310 e. The number of rotatable bonds is 5. The highest BCUT2D eigenvalue weighted by Crippen LogP contribution is 2.40. The minimum atomic E-state index is 0.506. The number of aromatic nitrogens is 2. The molecule has 2 aromatic rings. The van der Waals surface area contributed by atoms with Crippen LogP contribution in [0.5, 0.6) is 0 Å². The Morgan fingerprint density at radius 2 is 2.24 bits per heavy atom. The summed E-state index contributed by atoms with van der Waals surface area (Å²) in [4.78, 5) is 1.45. The van der Waals surface area contributed by atoms with Crippen LogP contribution < -0.4 is 5.32 Å². The molecule has 21 heavy (non-hydrogen) atoms. The highest BCUT2D eigenvalue weighted by Gasteiger charge is 2.24. The van der Waals surface area contributed by atoms with E-state index in [2.05, 4.69) is 47.8 Å². The first-order valence-corrected chi connectivity index (χ1v) is 8.57. The zero-order valence-corrected chi connectivity index (χ0v) is 13.6. The van der Waals surface area contributed by atoms with Crippen LogP contribution in [0.25, 0.3) is 0 Å². The Kier molecular flexibility index (Phi) is 4.66. The number of aryl methyl sites for hydroxylation is 2. The van der Waals surface area contributed by atoms with Gasteiger partial charge in [-0.25, -0.2) is 0 Å². The van der Waals surface area contributed by atoms with Gasteiger partial charge in [0.25, 0.3) is 0 Å². The smallest absolute Gasteiger partial charge is 0.0521 e. The normalized spacial score (nSPS) is 21.2. The maximum atomic E-state index is 4.22. The van der Waals surface area contributed by atoms with Gasteiger partial charge in [0.2, 0.25) is 0 Å². The Labute approximate surface area is 131 Å². The fraction of sp³-hybridized carbons (Fsp3) is 0.471. The van der Waals surface area contributed by atoms with Crippen molar-refractivity contribution in [3.8, 4) is 0 Å². The summed E-state index contributed by atoms with van der Waals surface area (Å²) in [5.41, 5.74) is 2.80. The van der Waals surface area contributed by atoms with Gasteiger partial charge in [-0.05, 0) is 43.0 Å². The summed E-state index contributed by atoms with van der Waals surface area (Å²) in [6, 6.07) is 9.32. The van der Waals surface area contributed by atoms with E-state index in [1.165, 1.54) is 22.4 Å². The average molecular weight is 301 g/mol. The first kappa shape index (κ1) is 14.7. The summed E-state index contributed by atoms with van der Waals surface area (Å²) >= 11 is 2.00. The summed E-state index contributed by atoms with van der Waals surface area (Å²) in [6.45, 7) is 3.39. The predicted molar refractivity (Wildman–Crippen MR) is 88.7 cm³/mol. The van der Waals surface area contributed by atoms with E-state index in [0.29, 0.717) is 11.3 Å². The molecule has 0 unspecified atom stereocenters. The van der Waals surface area contributed by atoms with E-state index in [1.54, 1.807) is 0 Å². The zero-order chi connectivity index (χ0) is 14.7. The Hall–Kier alpha value is -1.26. The number of thioether (sulfide) groups is 1. The summed E-state index contributed by atoms with van der Waals surface area (Å²) in [6.07, 6.45) is 7.54. The third-order valence-corrected chi connectivity index (χ3v) is 5.20. The van der Waals surface area contributed by atoms with E-state index < -0.39 is 0 Å². The molecule has 2 heterocycles. The average Bonchev–Trinajstić information content (AvgIpc) is 2.89. The maximum Gasteiger partial charge on any atom is 0.0521 e. The molecule has 0 saturated carbocycles. The molecule has 0 bridgehead atoms. The number of nitrogens with zero attached hydrogens (tertiary/aromatic N) is 2. The van der Waals surface area contributed by atoms with Crippen LogP contribution in [0, 0.1) is 0 Å². The molecular formula is C17H23N3S. The molecule has 0 radical (unpaired) electrons. The Balaban J connectivity index is 1.53. The van der Waals surface area contributed by atoms with Crippen molar-refractivity contribution in [2.75, 3.05) is 6.54 Å². The molecule has 1 aliphatic heterocycles. The lowest BCUT2D eigenvalue weighted by molar-refractivity contribution is 0.480. The quantitative estimate of drug-likeness (QED) is 0.856. The molecule has 0 aliphatic carbocycles. The van der Waals surface area contributed by atoms with Crippen molar-refractivity contribution < 1.29 is 0 Å². The topological polar surface area (TPSA) is 29.9 Å². The van der Waals surface area contributed by atoms with Gasteiger partial charge in [-0.3, -0.25) is 4.68 Å². The van der Waals surface area contributed by atoms with Crippen molar-refractivity contribution in [1.29, 1.82) is 0 Å². The van der Waals surface area contributed by atoms with E-state index in [4.69, 9.17) is 0 Å². The Morgan fingerprint density at radius 3 is 3.05 bits per heavy atom. The van der Waals surface area contributed by atoms with Crippen LogP contribution in [0.1, 0.15) is 36.9 Å². The molecule has 1 aromatic carbocycles. The summed E-state index contributed by atoms with van der Waals surface area (Å²) in [5.74, 6) is 0. The molecule has 1 N–H and O–H groups in total. The second-order valence-corrected chi connectivity index (χ2v) is 7.31. The molecule has 0 saturated heterocycles. The second-order valence-electron chi connectivity index (χ2n) is 5.83. The third kappa shape index (κ3) is 3.69. The molecule has 3 rings (SSSR count). The van der Waals surface area contributed by atoms with Gasteiger partial charge in [0, 0.05) is 29.4 Å². The monoisotopic (exact) mass is 301 g/mol. The molecule has 1 aromatic heterocycles. The summed E-state index contributed by atoms with van der Waals surface area (Å²) < 4.78 is 1.87. The van der Waals surface area contributed by atoms with Gasteiger partial charge in [0.1, 0.15) is 0 Å². The fourth-order valence-corrected chi connectivity index (χ4v) is 4.19. The standard InChI is InChI=1S/C17H23N3S/c1-13-10-16(15-7-3-4-8-17(15)21-13)18-9-5-6-14-11-19-20(2)12-14/h3-4,7-8,11-13,16,18H,5-6,9-10H2,1-2H3/t13-,16-/m0/s1. The van der Waals surface area contributed by atoms with Crippen LogP contribution in [0.3, 0.4) is 0 Å². The molecule has 112 valence electrons. The van der Waals surface area contributed by atoms with E-state index in [0.717, 1.165) is 19.4 Å². The number of hydrogen-bond donors (Lipinski definition) is 1. The van der Waals surface area contributed by atoms with Gasteiger partial charge >= 0.3 is 0 Å². The van der Waals surface area contributed by atoms with Gasteiger partial charge in [0.05, 0.1) is 6.20 Å². The molecule has 0 amide bonds. The maximum absolute atomic E-state index is 4.22. The van der Waals surface area contributed by atoms with E-state index in [9.17, 15) is 0 Å². The molecule has 0 spiro atoms. The van der Waals surface area contributed by atoms with Gasteiger partial charge in [0.15, 0.2) is 0 Å². The molecular weight excluding hydrogens is 278 g/mol. The van der Waals surface area contributed by atoms with E-state index in [-0.39, 0.29) is 0 Å². The van der Waals surface area contributed by atoms with Crippen molar-refractivity contribution in [3.05, 3.63) is 47.8 Å². The van der Waals surface area contributed by atoms with Crippen LogP contribution in [0.2, 0.25) is 0 Å². The third-order valence-electron chi connectivity index (χ3n) is 3.98. The van der Waals surface area contributed by atoms with Gasteiger partial charge < -0.3 is 5.32 Å². The number of hydrogen-bond acceptors (Lipinski definition) is 3. The van der Waals surface area contributed by atoms with Crippen LogP contribution in [0.15, 0.2) is 41.6 Å². The zero-order valence-electron chi connectivity index (χ0n) is 12.7. The lowest BCUT2D eigenvalue weighted by Gasteiger charge is -2.30. The van der Waals surface area contributed by atoms with Crippen molar-refractivity contribution >= 4 is 11.8 Å². The largest absolute Gasteiger partial charge is 0.310 e. The molecule has 0 fully saturated rings. The molecule has 1 aliphatic rings. The van der Waals surface area contributed by atoms with Crippen LogP contribution in [0.4, 0.5) is 0 Å². The van der Waals surface area contributed by atoms with Crippen molar-refractivity contribution in [3.63, 3.8) is 0 Å². The first-order valence-electron chi connectivity index (χ1n) is 7.69. The summed E-state index contributed by atoms with van der Waals surface area (Å²) in [7, 11) is 1.97. The van der Waals surface area contributed by atoms with Crippen molar-refractivity contribution in [2.45, 2.75) is 42.4 Å². The Morgan fingerprint density at radius 1 is 1.38 bits per heavy atom. The van der Waals surface area contributed by atoms with Gasteiger partial charge in [-0.1, -0.05) is 25.1 Å². The van der Waals surface area contributed by atoms with Crippen LogP contribution in [-0.2, 0) is 13.5 Å². The Bertz CT molecular complexity index is 593. The van der Waals surface area contributed by atoms with Crippen LogP contribution in [-0.4, -0.2) is 21.6 Å². The van der Waals surface area contributed by atoms with Crippen LogP contribution >= 0.6 is 11.8 Å². The van der Waals surface area contributed by atoms with Gasteiger partial charge in [-0.2, -0.15) is 5.10 Å². The van der Waals surface area contributed by atoms with E-state index in [1.807, 2.05) is 29.7 Å². The highest BCUT2D eigenvalue weighted by molar-refractivity contribution is 8.00. The van der Waals surface area contributed by atoms with E-state index >= 15 is 0 Å². The van der Waals surface area contributed by atoms with Crippen molar-refractivity contribution in [1.82, 2.24) is 15.1 Å². The number of nitrogens with one attached hydrogen (secondary N) is 1. The first-order chi connectivity index (χ1) is 10.2. The lowest BCUT2D eigenvalue weighted by atomic mass is 10.0. The number of fused-ring (bicyclic) bond motifs is 1. The second kappa shape index (κ2) is 6.67. The van der Waals surface area contributed by atoms with Gasteiger partial charge in [-0.15, -0.1) is 11.8 Å². The number of benzene rings is 1. The molecule has 3 nitrogen and oxygen atoms in total. The minimum absolute atomic E-state index is 0.506. The summed E-state index contributed by atoms with van der Waals surface area (Å²) in [5, 5.41) is 8.65. The van der Waals surface area contributed by atoms with Crippen molar-refractivity contribution in [2.24, 2.45) is 7.05 Å². The fourth-order valence-electron chi connectivity index (χ4n) is 2.96. The predicted octanol–water partition coefficient (Wildman–Crippen LogP) is 3.57. The lowest BCUT2D eigenvalue weighted by Crippen LogP contribution is -2.28.